The Morgan fingerprint density at radius 3 is 2.57 bits per heavy atom. The molecular formula is C12H10FN3O4S. The number of rotatable bonds is 3. The van der Waals surface area contributed by atoms with E-state index >= 15 is 0 Å². The van der Waals surface area contributed by atoms with Gasteiger partial charge in [0.15, 0.2) is 0 Å². The number of aromatic nitrogens is 1. The summed E-state index contributed by atoms with van der Waals surface area (Å²) in [6.07, 6.45) is 1.26. The number of hydrogen-bond donors (Lipinski definition) is 3. The molecule has 1 aromatic heterocycles. The maximum absolute atomic E-state index is 13.6. The van der Waals surface area contributed by atoms with Crippen LogP contribution in [0, 0.1) is 5.82 Å². The van der Waals surface area contributed by atoms with E-state index in [1.54, 1.807) is 0 Å². The number of anilines is 1. The molecule has 9 heteroatoms. The van der Waals surface area contributed by atoms with Crippen LogP contribution in [-0.4, -0.2) is 19.3 Å². The standard InChI is InChI=1S/C12H10FN3O4S/c13-9-2-1-8(21(14,19)20)6-10(9)16-12(18)7-3-4-15-11(17)5-7/h1-6H,(H,15,17)(H,16,18)(H2,14,19,20). The van der Waals surface area contributed by atoms with E-state index in [2.05, 4.69) is 10.3 Å². The number of hydrogen-bond acceptors (Lipinski definition) is 4. The van der Waals surface area contributed by atoms with Gasteiger partial charge < -0.3 is 10.3 Å². The highest BCUT2D eigenvalue weighted by molar-refractivity contribution is 7.89. The van der Waals surface area contributed by atoms with Crippen molar-refractivity contribution in [3.8, 4) is 0 Å². The minimum Gasteiger partial charge on any atom is -0.329 e. The zero-order valence-electron chi connectivity index (χ0n) is 10.5. The van der Waals surface area contributed by atoms with Gasteiger partial charge >= 0.3 is 0 Å². The highest BCUT2D eigenvalue weighted by Crippen LogP contribution is 2.19. The number of halogens is 1. The van der Waals surface area contributed by atoms with E-state index in [0.29, 0.717) is 0 Å². The van der Waals surface area contributed by atoms with Gasteiger partial charge in [0.05, 0.1) is 10.6 Å². The van der Waals surface area contributed by atoms with Crippen LogP contribution in [0.4, 0.5) is 10.1 Å². The first-order valence-corrected chi connectivity index (χ1v) is 7.14. The van der Waals surface area contributed by atoms with Crippen LogP contribution < -0.4 is 16.0 Å². The fourth-order valence-electron chi connectivity index (χ4n) is 1.56. The summed E-state index contributed by atoms with van der Waals surface area (Å²) in [6.45, 7) is 0. The molecule has 1 amide bonds. The lowest BCUT2D eigenvalue weighted by Gasteiger charge is -2.07. The average molecular weight is 311 g/mol. The third-order valence-electron chi connectivity index (χ3n) is 2.55. The minimum atomic E-state index is -4.02. The Labute approximate surface area is 118 Å². The van der Waals surface area contributed by atoms with Crippen LogP contribution >= 0.6 is 0 Å². The predicted octanol–water partition coefficient (Wildman–Crippen LogP) is 0.414. The van der Waals surface area contributed by atoms with Crippen LogP contribution in [0.25, 0.3) is 0 Å². The molecule has 0 spiro atoms. The smallest absolute Gasteiger partial charge is 0.255 e. The molecule has 0 aliphatic carbocycles. The molecule has 0 aliphatic heterocycles. The lowest BCUT2D eigenvalue weighted by atomic mass is 10.2. The predicted molar refractivity (Wildman–Crippen MR) is 72.8 cm³/mol. The van der Waals surface area contributed by atoms with Gasteiger partial charge in [0.1, 0.15) is 5.82 Å². The lowest BCUT2D eigenvalue weighted by Crippen LogP contribution is -2.17. The van der Waals surface area contributed by atoms with Gasteiger partial charge in [-0.3, -0.25) is 9.59 Å². The zero-order valence-corrected chi connectivity index (χ0v) is 11.3. The van der Waals surface area contributed by atoms with E-state index in [1.165, 1.54) is 12.3 Å². The number of nitrogens with one attached hydrogen (secondary N) is 2. The number of primary sulfonamides is 1. The lowest BCUT2D eigenvalue weighted by molar-refractivity contribution is 0.102. The van der Waals surface area contributed by atoms with E-state index < -0.39 is 27.3 Å². The minimum absolute atomic E-state index is 0.000779. The van der Waals surface area contributed by atoms with Crippen molar-refractivity contribution in [2.24, 2.45) is 5.14 Å². The molecule has 110 valence electrons. The summed E-state index contributed by atoms with van der Waals surface area (Å²) in [4.78, 5) is 24.9. The van der Waals surface area contributed by atoms with Crippen molar-refractivity contribution in [2.75, 3.05) is 5.32 Å². The topological polar surface area (TPSA) is 122 Å². The maximum Gasteiger partial charge on any atom is 0.255 e. The number of pyridine rings is 1. The van der Waals surface area contributed by atoms with Gasteiger partial charge in [-0.05, 0) is 24.3 Å². The zero-order chi connectivity index (χ0) is 15.6. The molecule has 0 unspecified atom stereocenters. The Hall–Kier alpha value is -2.52. The molecule has 7 nitrogen and oxygen atoms in total. The number of H-pyrrole nitrogens is 1. The molecule has 0 saturated carbocycles. The Kier molecular flexibility index (Phi) is 3.87. The number of amides is 1. The number of carbonyl (C=O) groups is 1. The van der Waals surface area contributed by atoms with Crippen molar-refractivity contribution in [3.05, 3.63) is 58.3 Å². The normalized spacial score (nSPS) is 11.1. The molecule has 0 atom stereocenters. The van der Waals surface area contributed by atoms with Crippen molar-refractivity contribution in [2.45, 2.75) is 4.90 Å². The first-order chi connectivity index (χ1) is 9.77. The highest BCUT2D eigenvalue weighted by Gasteiger charge is 2.14. The number of nitrogens with two attached hydrogens (primary N) is 1. The Morgan fingerprint density at radius 1 is 1.24 bits per heavy atom. The van der Waals surface area contributed by atoms with E-state index in [4.69, 9.17) is 5.14 Å². The first kappa shape index (κ1) is 14.9. The molecule has 0 radical (unpaired) electrons. The Morgan fingerprint density at radius 2 is 1.95 bits per heavy atom. The van der Waals surface area contributed by atoms with Gasteiger partial charge in [-0.25, -0.2) is 17.9 Å². The fraction of sp³-hybridized carbons (Fsp3) is 0. The second-order valence-electron chi connectivity index (χ2n) is 4.08. The number of aromatic amines is 1. The van der Waals surface area contributed by atoms with Gasteiger partial charge in [0.25, 0.3) is 5.91 Å². The summed E-state index contributed by atoms with van der Waals surface area (Å²) in [5, 5.41) is 7.11. The van der Waals surface area contributed by atoms with Gasteiger partial charge in [0, 0.05) is 17.8 Å². The van der Waals surface area contributed by atoms with Crippen molar-refractivity contribution in [1.29, 1.82) is 0 Å². The van der Waals surface area contributed by atoms with Gasteiger partial charge in [-0.1, -0.05) is 0 Å². The number of benzene rings is 1. The number of sulfonamides is 1. The van der Waals surface area contributed by atoms with Gasteiger partial charge in [-0.15, -0.1) is 0 Å². The van der Waals surface area contributed by atoms with Crippen molar-refractivity contribution >= 4 is 21.6 Å². The molecule has 0 saturated heterocycles. The summed E-state index contributed by atoms with van der Waals surface area (Å²) in [7, 11) is -4.02. The second-order valence-corrected chi connectivity index (χ2v) is 5.64. The number of carbonyl (C=O) groups excluding carboxylic acids is 1. The van der Waals surface area contributed by atoms with Crippen molar-refractivity contribution in [3.63, 3.8) is 0 Å². The molecule has 2 aromatic rings. The third-order valence-corrected chi connectivity index (χ3v) is 3.46. The van der Waals surface area contributed by atoms with Crippen LogP contribution in [0.2, 0.25) is 0 Å². The van der Waals surface area contributed by atoms with Crippen LogP contribution in [0.3, 0.4) is 0 Å². The summed E-state index contributed by atoms with van der Waals surface area (Å²) < 4.78 is 36.0. The SMILES string of the molecule is NS(=O)(=O)c1ccc(F)c(NC(=O)c2cc[nH]c(=O)c2)c1. The highest BCUT2D eigenvalue weighted by atomic mass is 32.2. The van der Waals surface area contributed by atoms with Crippen molar-refractivity contribution in [1.82, 2.24) is 4.98 Å². The Balaban J connectivity index is 2.35. The fourth-order valence-corrected chi connectivity index (χ4v) is 2.10. The molecule has 21 heavy (non-hydrogen) atoms. The molecule has 0 fully saturated rings. The summed E-state index contributed by atoms with van der Waals surface area (Å²) in [6, 6.07) is 5.09. The monoisotopic (exact) mass is 311 g/mol. The molecule has 1 heterocycles. The third kappa shape index (κ3) is 3.52. The van der Waals surface area contributed by atoms with E-state index in [-0.39, 0.29) is 16.1 Å². The van der Waals surface area contributed by atoms with Gasteiger partial charge in [-0.2, -0.15) is 0 Å². The largest absolute Gasteiger partial charge is 0.329 e. The maximum atomic E-state index is 13.6. The molecule has 1 aromatic carbocycles. The average Bonchev–Trinajstić information content (AvgIpc) is 2.40. The quantitative estimate of drug-likeness (QED) is 0.760. The molecule has 0 bridgehead atoms. The van der Waals surface area contributed by atoms with Gasteiger partial charge in [0.2, 0.25) is 15.6 Å². The first-order valence-electron chi connectivity index (χ1n) is 5.60. The van der Waals surface area contributed by atoms with E-state index in [9.17, 15) is 22.4 Å². The molecular weight excluding hydrogens is 301 g/mol. The van der Waals surface area contributed by atoms with Crippen LogP contribution in [0.5, 0.6) is 0 Å². The van der Waals surface area contributed by atoms with Crippen LogP contribution in [-0.2, 0) is 10.0 Å². The van der Waals surface area contributed by atoms with E-state index in [0.717, 1.165) is 24.3 Å². The molecule has 0 aliphatic rings. The summed E-state index contributed by atoms with van der Waals surface area (Å²) in [5.41, 5.74) is -0.854. The Bertz CT molecular complexity index is 861. The molecule has 2 rings (SSSR count). The van der Waals surface area contributed by atoms with Crippen LogP contribution in [0.1, 0.15) is 10.4 Å². The molecule has 4 N–H and O–H groups in total. The van der Waals surface area contributed by atoms with Crippen molar-refractivity contribution < 1.29 is 17.6 Å². The van der Waals surface area contributed by atoms with E-state index in [1.807, 2.05) is 0 Å². The summed E-state index contributed by atoms with van der Waals surface area (Å²) in [5.74, 6) is -1.59. The second kappa shape index (κ2) is 5.46. The van der Waals surface area contributed by atoms with Crippen LogP contribution in [0.15, 0.2) is 46.2 Å². The summed E-state index contributed by atoms with van der Waals surface area (Å²) >= 11 is 0.